The molecule has 0 saturated heterocycles. The molecule has 1 N–H and O–H groups in total. The van der Waals surface area contributed by atoms with Crippen molar-refractivity contribution in [3.8, 4) is 5.75 Å². The van der Waals surface area contributed by atoms with E-state index in [4.69, 9.17) is 9.47 Å². The van der Waals surface area contributed by atoms with Gasteiger partial charge in [-0.15, -0.1) is 0 Å². The quantitative estimate of drug-likeness (QED) is 0.813. The Labute approximate surface area is 146 Å². The first kappa shape index (κ1) is 17.0. The van der Waals surface area contributed by atoms with Gasteiger partial charge in [-0.2, -0.15) is 10.1 Å². The van der Waals surface area contributed by atoms with Crippen molar-refractivity contribution in [2.24, 2.45) is 0 Å². The predicted molar refractivity (Wildman–Crippen MR) is 93.3 cm³/mol. The third-order valence-corrected chi connectivity index (χ3v) is 3.96. The smallest absolute Gasteiger partial charge is 0.338 e. The normalized spacial score (nSPS) is 16.2. The van der Waals surface area contributed by atoms with Crippen molar-refractivity contribution in [2.45, 2.75) is 33.2 Å². The number of benzene rings is 1. The van der Waals surface area contributed by atoms with Gasteiger partial charge in [0, 0.05) is 5.70 Å². The van der Waals surface area contributed by atoms with E-state index in [9.17, 15) is 4.79 Å². The summed E-state index contributed by atoms with van der Waals surface area (Å²) < 4.78 is 12.6. The van der Waals surface area contributed by atoms with E-state index < -0.39 is 6.04 Å². The molecule has 3 rings (SSSR count). The van der Waals surface area contributed by atoms with E-state index in [0.29, 0.717) is 24.7 Å². The highest BCUT2D eigenvalue weighted by Crippen LogP contribution is 2.35. The maximum Gasteiger partial charge on any atom is 0.338 e. The van der Waals surface area contributed by atoms with Crippen molar-refractivity contribution in [3.05, 3.63) is 47.4 Å². The molecule has 1 aromatic heterocycles. The molecule has 7 heteroatoms. The summed E-state index contributed by atoms with van der Waals surface area (Å²) in [6.45, 7) is 6.75. The van der Waals surface area contributed by atoms with Crippen LogP contribution >= 0.6 is 0 Å². The van der Waals surface area contributed by atoms with Gasteiger partial charge in [0.1, 0.15) is 18.1 Å². The lowest BCUT2D eigenvalue weighted by Crippen LogP contribution is -2.29. The topological polar surface area (TPSA) is 78.3 Å². The highest BCUT2D eigenvalue weighted by molar-refractivity contribution is 5.92. The molecule has 7 nitrogen and oxygen atoms in total. The Balaban J connectivity index is 2.01. The predicted octanol–water partition coefficient (Wildman–Crippen LogP) is 2.92. The molecule has 1 unspecified atom stereocenters. The SMILES string of the molecule is CCCOC(=O)C1=C(C)Nc2ncnn2C1c1ccc(OCC)cc1. The molecule has 1 aliphatic heterocycles. The zero-order chi connectivity index (χ0) is 17.8. The minimum Gasteiger partial charge on any atom is -0.494 e. The number of nitrogens with one attached hydrogen (secondary N) is 1. The van der Waals surface area contributed by atoms with Crippen molar-refractivity contribution in [3.63, 3.8) is 0 Å². The van der Waals surface area contributed by atoms with E-state index in [1.54, 1.807) is 4.68 Å². The van der Waals surface area contributed by atoms with Gasteiger partial charge in [0.2, 0.25) is 5.95 Å². The fourth-order valence-corrected chi connectivity index (χ4v) is 2.85. The van der Waals surface area contributed by atoms with Crippen molar-refractivity contribution in [2.75, 3.05) is 18.5 Å². The lowest BCUT2D eigenvalue weighted by Gasteiger charge is -2.28. The van der Waals surface area contributed by atoms with Gasteiger partial charge in [-0.3, -0.25) is 0 Å². The molecule has 1 aliphatic rings. The highest BCUT2D eigenvalue weighted by atomic mass is 16.5. The van der Waals surface area contributed by atoms with Crippen LogP contribution in [0.25, 0.3) is 0 Å². The average molecular weight is 342 g/mol. The second kappa shape index (κ2) is 7.38. The van der Waals surface area contributed by atoms with Crippen LogP contribution in [0.2, 0.25) is 0 Å². The fourth-order valence-electron chi connectivity index (χ4n) is 2.85. The van der Waals surface area contributed by atoms with Gasteiger partial charge >= 0.3 is 5.97 Å². The molecule has 0 saturated carbocycles. The minimum atomic E-state index is -0.390. The zero-order valence-corrected chi connectivity index (χ0v) is 14.7. The number of nitrogens with zero attached hydrogens (tertiary/aromatic N) is 3. The van der Waals surface area contributed by atoms with Crippen molar-refractivity contribution in [1.29, 1.82) is 0 Å². The first-order valence-corrected chi connectivity index (χ1v) is 8.42. The molecule has 1 aromatic carbocycles. The summed E-state index contributed by atoms with van der Waals surface area (Å²) in [7, 11) is 0. The van der Waals surface area contributed by atoms with E-state index in [1.165, 1.54) is 6.33 Å². The number of anilines is 1. The average Bonchev–Trinajstić information content (AvgIpc) is 3.07. The lowest BCUT2D eigenvalue weighted by molar-refractivity contribution is -0.139. The van der Waals surface area contributed by atoms with Crippen LogP contribution in [0.3, 0.4) is 0 Å². The Hall–Kier alpha value is -2.83. The standard InChI is InChI=1S/C18H22N4O3/c1-4-10-25-17(23)15-12(3)21-18-19-11-20-22(18)16(15)13-6-8-14(9-7-13)24-5-2/h6-9,11,16H,4-5,10H2,1-3H3,(H,19,20,21). The number of hydrogen-bond donors (Lipinski definition) is 1. The number of rotatable bonds is 6. The van der Waals surface area contributed by atoms with Crippen LogP contribution in [-0.4, -0.2) is 33.9 Å². The number of ether oxygens (including phenoxy) is 2. The van der Waals surface area contributed by atoms with Gasteiger partial charge in [0.25, 0.3) is 0 Å². The third-order valence-electron chi connectivity index (χ3n) is 3.96. The summed E-state index contributed by atoms with van der Waals surface area (Å²) in [6.07, 6.45) is 2.24. The molecule has 0 radical (unpaired) electrons. The highest BCUT2D eigenvalue weighted by Gasteiger charge is 2.34. The second-order valence-electron chi connectivity index (χ2n) is 5.73. The largest absolute Gasteiger partial charge is 0.494 e. The van der Waals surface area contributed by atoms with E-state index in [1.807, 2.05) is 45.0 Å². The number of carbonyl (C=O) groups is 1. The summed E-state index contributed by atoms with van der Waals surface area (Å²) >= 11 is 0. The summed E-state index contributed by atoms with van der Waals surface area (Å²) in [5.74, 6) is 1.05. The molecular weight excluding hydrogens is 320 g/mol. The number of allylic oxidation sites excluding steroid dienone is 1. The van der Waals surface area contributed by atoms with Crippen LogP contribution in [0.5, 0.6) is 5.75 Å². The van der Waals surface area contributed by atoms with Gasteiger partial charge in [-0.05, 0) is 38.0 Å². The third kappa shape index (κ3) is 3.35. The van der Waals surface area contributed by atoms with Crippen LogP contribution < -0.4 is 10.1 Å². The van der Waals surface area contributed by atoms with E-state index in [2.05, 4.69) is 15.4 Å². The molecule has 0 fully saturated rings. The van der Waals surface area contributed by atoms with E-state index in [0.717, 1.165) is 23.4 Å². The van der Waals surface area contributed by atoms with Gasteiger partial charge in [0.15, 0.2) is 0 Å². The molecule has 2 heterocycles. The van der Waals surface area contributed by atoms with Gasteiger partial charge in [-0.25, -0.2) is 9.48 Å². The molecule has 0 aliphatic carbocycles. The Bertz CT molecular complexity index is 780. The van der Waals surface area contributed by atoms with Crippen LogP contribution in [0.15, 0.2) is 41.9 Å². The van der Waals surface area contributed by atoms with Crippen LogP contribution in [0.1, 0.15) is 38.8 Å². The Morgan fingerprint density at radius 1 is 1.28 bits per heavy atom. The zero-order valence-electron chi connectivity index (χ0n) is 14.7. The summed E-state index contributed by atoms with van der Waals surface area (Å²) in [4.78, 5) is 16.9. The molecule has 0 amide bonds. The first-order valence-electron chi connectivity index (χ1n) is 8.42. The van der Waals surface area contributed by atoms with Gasteiger partial charge < -0.3 is 14.8 Å². The molecule has 1 atom stereocenters. The maximum absolute atomic E-state index is 12.6. The Kier molecular flexibility index (Phi) is 5.02. The summed E-state index contributed by atoms with van der Waals surface area (Å²) in [6, 6.07) is 7.27. The number of esters is 1. The summed E-state index contributed by atoms with van der Waals surface area (Å²) in [5, 5.41) is 7.41. The second-order valence-corrected chi connectivity index (χ2v) is 5.73. The van der Waals surface area contributed by atoms with Gasteiger partial charge in [-0.1, -0.05) is 19.1 Å². The summed E-state index contributed by atoms with van der Waals surface area (Å²) in [5.41, 5.74) is 2.18. The number of carbonyl (C=O) groups excluding carboxylic acids is 1. The lowest BCUT2D eigenvalue weighted by atomic mass is 9.96. The molecule has 25 heavy (non-hydrogen) atoms. The minimum absolute atomic E-state index is 0.341. The Morgan fingerprint density at radius 3 is 2.72 bits per heavy atom. The van der Waals surface area contributed by atoms with E-state index in [-0.39, 0.29) is 5.97 Å². The van der Waals surface area contributed by atoms with Crippen molar-refractivity contribution in [1.82, 2.24) is 14.8 Å². The van der Waals surface area contributed by atoms with Crippen LogP contribution in [0.4, 0.5) is 5.95 Å². The first-order chi connectivity index (χ1) is 12.2. The van der Waals surface area contributed by atoms with Crippen molar-refractivity contribution < 1.29 is 14.3 Å². The molecule has 2 aromatic rings. The number of hydrogen-bond acceptors (Lipinski definition) is 6. The molecule has 132 valence electrons. The molecule has 0 bridgehead atoms. The fraction of sp³-hybridized carbons (Fsp3) is 0.389. The molecular formula is C18H22N4O3. The number of fused-ring (bicyclic) bond motifs is 1. The monoisotopic (exact) mass is 342 g/mol. The van der Waals surface area contributed by atoms with Crippen molar-refractivity contribution >= 4 is 11.9 Å². The van der Waals surface area contributed by atoms with Gasteiger partial charge in [0.05, 0.1) is 18.8 Å². The van der Waals surface area contributed by atoms with E-state index >= 15 is 0 Å². The molecule has 0 spiro atoms. The number of aromatic nitrogens is 3. The maximum atomic E-state index is 12.6. The van der Waals surface area contributed by atoms with Crippen LogP contribution in [0, 0.1) is 0 Å². The Morgan fingerprint density at radius 2 is 2.04 bits per heavy atom. The van der Waals surface area contributed by atoms with Crippen LogP contribution in [-0.2, 0) is 9.53 Å².